The first-order chi connectivity index (χ1) is 8.13. The van der Waals surface area contributed by atoms with Crippen molar-refractivity contribution in [3.05, 3.63) is 29.8 Å². The van der Waals surface area contributed by atoms with E-state index in [1.54, 1.807) is 0 Å². The molecule has 1 aromatic carbocycles. The van der Waals surface area contributed by atoms with Gasteiger partial charge in [0, 0.05) is 0 Å². The molecule has 0 aliphatic heterocycles. The first-order valence-electron chi connectivity index (χ1n) is 4.73. The standard InChI is InChI=1S/C10H9F6NO/c1-17-8(9(11,12)13)6-3-2-4-7(5-6)18-10(14,15)16/h2-5,8,17H,1H3. The van der Waals surface area contributed by atoms with Crippen molar-refractivity contribution in [2.24, 2.45) is 0 Å². The second-order valence-electron chi connectivity index (χ2n) is 3.38. The van der Waals surface area contributed by atoms with Crippen LogP contribution < -0.4 is 10.1 Å². The number of ether oxygens (including phenoxy) is 1. The molecule has 0 radical (unpaired) electrons. The van der Waals surface area contributed by atoms with E-state index >= 15 is 0 Å². The van der Waals surface area contributed by atoms with E-state index in [1.807, 2.05) is 5.32 Å². The fourth-order valence-electron chi connectivity index (χ4n) is 1.41. The number of halogens is 6. The third-order valence-corrected chi connectivity index (χ3v) is 2.04. The fourth-order valence-corrected chi connectivity index (χ4v) is 1.41. The highest BCUT2D eigenvalue weighted by atomic mass is 19.4. The molecule has 18 heavy (non-hydrogen) atoms. The summed E-state index contributed by atoms with van der Waals surface area (Å²) >= 11 is 0. The lowest BCUT2D eigenvalue weighted by Crippen LogP contribution is -2.31. The monoisotopic (exact) mass is 273 g/mol. The average molecular weight is 273 g/mol. The van der Waals surface area contributed by atoms with Crippen molar-refractivity contribution < 1.29 is 31.1 Å². The van der Waals surface area contributed by atoms with Gasteiger partial charge in [-0.05, 0) is 24.7 Å². The Balaban J connectivity index is 3.01. The van der Waals surface area contributed by atoms with Gasteiger partial charge in [0.15, 0.2) is 0 Å². The molecule has 0 bridgehead atoms. The van der Waals surface area contributed by atoms with Crippen molar-refractivity contribution in [1.29, 1.82) is 0 Å². The summed E-state index contributed by atoms with van der Waals surface area (Å²) in [5.74, 6) is -0.690. The zero-order valence-corrected chi connectivity index (χ0v) is 9.06. The van der Waals surface area contributed by atoms with Crippen molar-refractivity contribution in [2.45, 2.75) is 18.6 Å². The number of alkyl halides is 6. The molecule has 1 aromatic rings. The lowest BCUT2D eigenvalue weighted by atomic mass is 10.1. The summed E-state index contributed by atoms with van der Waals surface area (Å²) in [4.78, 5) is 0. The number of rotatable bonds is 3. The Morgan fingerprint density at radius 3 is 2.17 bits per heavy atom. The van der Waals surface area contributed by atoms with Crippen LogP contribution in [0.2, 0.25) is 0 Å². The largest absolute Gasteiger partial charge is 0.573 e. The SMILES string of the molecule is CNC(c1cccc(OC(F)(F)F)c1)C(F)(F)F. The van der Waals surface area contributed by atoms with Gasteiger partial charge in [-0.3, -0.25) is 0 Å². The molecule has 0 saturated heterocycles. The number of nitrogens with one attached hydrogen (secondary N) is 1. The van der Waals surface area contributed by atoms with Crippen LogP contribution in [-0.2, 0) is 0 Å². The van der Waals surface area contributed by atoms with Gasteiger partial charge >= 0.3 is 12.5 Å². The predicted octanol–water partition coefficient (Wildman–Crippen LogP) is 3.41. The summed E-state index contributed by atoms with van der Waals surface area (Å²) in [6.07, 6.45) is -9.54. The Hall–Kier alpha value is -1.44. The summed E-state index contributed by atoms with van der Waals surface area (Å²) in [5.41, 5.74) is -0.355. The molecule has 0 amide bonds. The molecule has 0 heterocycles. The van der Waals surface area contributed by atoms with Gasteiger partial charge in [-0.1, -0.05) is 12.1 Å². The quantitative estimate of drug-likeness (QED) is 0.852. The van der Waals surface area contributed by atoms with E-state index in [-0.39, 0.29) is 5.56 Å². The van der Waals surface area contributed by atoms with Gasteiger partial charge in [-0.25, -0.2) is 0 Å². The van der Waals surface area contributed by atoms with Crippen LogP contribution in [0.1, 0.15) is 11.6 Å². The van der Waals surface area contributed by atoms with Crippen LogP contribution in [0.4, 0.5) is 26.3 Å². The van der Waals surface area contributed by atoms with Gasteiger partial charge < -0.3 is 10.1 Å². The van der Waals surface area contributed by atoms with Gasteiger partial charge in [-0.15, -0.1) is 13.2 Å². The first kappa shape index (κ1) is 14.6. The predicted molar refractivity (Wildman–Crippen MR) is 51.0 cm³/mol. The molecule has 0 aliphatic carbocycles. The van der Waals surface area contributed by atoms with E-state index in [0.717, 1.165) is 25.2 Å². The summed E-state index contributed by atoms with van der Waals surface area (Å²) in [5, 5.41) is 1.99. The van der Waals surface area contributed by atoms with Gasteiger partial charge in [-0.2, -0.15) is 13.2 Å². The van der Waals surface area contributed by atoms with Crippen LogP contribution in [0.25, 0.3) is 0 Å². The highest BCUT2D eigenvalue weighted by Crippen LogP contribution is 2.34. The smallest absolute Gasteiger partial charge is 0.406 e. The number of hydrogen-bond donors (Lipinski definition) is 1. The van der Waals surface area contributed by atoms with Gasteiger partial charge in [0.1, 0.15) is 11.8 Å². The van der Waals surface area contributed by atoms with Crippen molar-refractivity contribution in [2.75, 3.05) is 7.05 Å². The van der Waals surface area contributed by atoms with Gasteiger partial charge in [0.05, 0.1) is 0 Å². The van der Waals surface area contributed by atoms with E-state index in [9.17, 15) is 26.3 Å². The normalized spacial score (nSPS) is 14.4. The molecule has 0 aliphatic rings. The molecule has 1 atom stereocenters. The van der Waals surface area contributed by atoms with Crippen molar-refractivity contribution in [1.82, 2.24) is 5.32 Å². The van der Waals surface area contributed by atoms with Crippen LogP contribution in [0.15, 0.2) is 24.3 Å². The van der Waals surface area contributed by atoms with Crippen LogP contribution in [0.5, 0.6) is 5.75 Å². The molecule has 0 saturated carbocycles. The molecule has 0 aromatic heterocycles. The highest BCUT2D eigenvalue weighted by Gasteiger charge is 2.40. The third-order valence-electron chi connectivity index (χ3n) is 2.04. The molecule has 1 rings (SSSR count). The van der Waals surface area contributed by atoms with E-state index in [0.29, 0.717) is 6.07 Å². The summed E-state index contributed by atoms with van der Waals surface area (Å²) in [6.45, 7) is 0. The van der Waals surface area contributed by atoms with Crippen molar-refractivity contribution >= 4 is 0 Å². The minimum atomic E-state index is -4.94. The maximum Gasteiger partial charge on any atom is 0.573 e. The Labute approximate surface area is 98.5 Å². The lowest BCUT2D eigenvalue weighted by Gasteiger charge is -2.20. The lowest BCUT2D eigenvalue weighted by molar-refractivity contribution is -0.274. The first-order valence-corrected chi connectivity index (χ1v) is 4.73. The molecule has 2 nitrogen and oxygen atoms in total. The highest BCUT2D eigenvalue weighted by molar-refractivity contribution is 5.31. The van der Waals surface area contributed by atoms with Gasteiger partial charge in [0.2, 0.25) is 0 Å². The minimum absolute atomic E-state index is 0.355. The van der Waals surface area contributed by atoms with Crippen LogP contribution in [-0.4, -0.2) is 19.6 Å². The topological polar surface area (TPSA) is 21.3 Å². The maximum atomic E-state index is 12.6. The van der Waals surface area contributed by atoms with E-state index in [2.05, 4.69) is 4.74 Å². The molecular formula is C10H9F6NO. The van der Waals surface area contributed by atoms with Crippen LogP contribution in [0, 0.1) is 0 Å². The zero-order chi connectivity index (χ0) is 14.0. The molecular weight excluding hydrogens is 264 g/mol. The van der Waals surface area contributed by atoms with E-state index in [4.69, 9.17) is 0 Å². The average Bonchev–Trinajstić information content (AvgIpc) is 2.13. The zero-order valence-electron chi connectivity index (χ0n) is 9.06. The Morgan fingerprint density at radius 2 is 1.72 bits per heavy atom. The molecule has 1 unspecified atom stereocenters. The van der Waals surface area contributed by atoms with Crippen molar-refractivity contribution in [3.63, 3.8) is 0 Å². The van der Waals surface area contributed by atoms with Crippen LogP contribution in [0.3, 0.4) is 0 Å². The summed E-state index contributed by atoms with van der Waals surface area (Å²) < 4.78 is 77.0. The number of benzene rings is 1. The molecule has 102 valence electrons. The molecule has 1 N–H and O–H groups in total. The Kier molecular flexibility index (Phi) is 4.10. The summed E-state index contributed by atoms with van der Waals surface area (Å²) in [7, 11) is 1.06. The van der Waals surface area contributed by atoms with Crippen LogP contribution >= 0.6 is 0 Å². The maximum absolute atomic E-state index is 12.6. The molecule has 8 heteroatoms. The van der Waals surface area contributed by atoms with Gasteiger partial charge in [0.25, 0.3) is 0 Å². The molecule has 0 spiro atoms. The second-order valence-corrected chi connectivity index (χ2v) is 3.38. The second kappa shape index (κ2) is 5.05. The van der Waals surface area contributed by atoms with E-state index < -0.39 is 24.3 Å². The van der Waals surface area contributed by atoms with E-state index in [1.165, 1.54) is 0 Å². The Bertz CT molecular complexity index is 400. The fraction of sp³-hybridized carbons (Fsp3) is 0.400. The summed E-state index contributed by atoms with van der Waals surface area (Å²) in [6, 6.07) is 1.71. The third kappa shape index (κ3) is 4.10. The Morgan fingerprint density at radius 1 is 1.11 bits per heavy atom. The number of hydrogen-bond acceptors (Lipinski definition) is 2. The molecule has 0 fully saturated rings. The minimum Gasteiger partial charge on any atom is -0.406 e. The van der Waals surface area contributed by atoms with Crippen molar-refractivity contribution in [3.8, 4) is 5.75 Å².